The van der Waals surface area contributed by atoms with Crippen molar-refractivity contribution in [3.63, 3.8) is 0 Å². The van der Waals surface area contributed by atoms with E-state index in [1.54, 1.807) is 12.1 Å². The van der Waals surface area contributed by atoms with Crippen molar-refractivity contribution in [3.8, 4) is 0 Å². The Kier molecular flexibility index (Phi) is 4.12. The first-order valence-electron chi connectivity index (χ1n) is 6.19. The Balaban J connectivity index is 2.25. The molecule has 2 rings (SSSR count). The summed E-state index contributed by atoms with van der Waals surface area (Å²) in [5.41, 5.74) is 0.934. The molecule has 0 bridgehead atoms. The Bertz CT molecular complexity index is 682. The maximum Gasteiger partial charge on any atom is 0.307 e. The zero-order valence-corrected chi connectivity index (χ0v) is 11.2. The van der Waals surface area contributed by atoms with E-state index in [2.05, 4.69) is 10.4 Å². The molecule has 0 saturated carbocycles. The maximum atomic E-state index is 11.0. The van der Waals surface area contributed by atoms with Crippen LogP contribution in [0.15, 0.2) is 30.6 Å². The number of anilines is 1. The molecule has 1 N–H and O–H groups in total. The average molecular weight is 291 g/mol. The van der Waals surface area contributed by atoms with E-state index < -0.39 is 9.85 Å². The summed E-state index contributed by atoms with van der Waals surface area (Å²) in [6, 6.07) is 4.78. The minimum Gasteiger partial charge on any atom is -0.380 e. The standard InChI is InChI=1S/C12H13N5O4/c1-2-13-11-4-3-9(5-12(11)17(20)21)7-15-8-10(6-14-15)16(18)19/h3-6,8,13H,2,7H2,1H3. The molecule has 0 aliphatic heterocycles. The molecule has 1 heterocycles. The summed E-state index contributed by atoms with van der Waals surface area (Å²) in [5, 5.41) is 28.4. The Morgan fingerprint density at radius 3 is 2.62 bits per heavy atom. The van der Waals surface area contributed by atoms with E-state index in [4.69, 9.17) is 0 Å². The Hall–Kier alpha value is -2.97. The molecule has 0 saturated heterocycles. The molecule has 1 aromatic carbocycles. The number of nitrogens with zero attached hydrogens (tertiary/aromatic N) is 4. The van der Waals surface area contributed by atoms with Crippen LogP contribution in [-0.2, 0) is 6.54 Å². The summed E-state index contributed by atoms with van der Waals surface area (Å²) in [5.74, 6) is 0. The molecule has 0 spiro atoms. The molecule has 0 fully saturated rings. The third-order valence-electron chi connectivity index (χ3n) is 2.80. The van der Waals surface area contributed by atoms with Crippen LogP contribution in [0.2, 0.25) is 0 Å². The van der Waals surface area contributed by atoms with Gasteiger partial charge in [0.25, 0.3) is 5.69 Å². The first kappa shape index (κ1) is 14.4. The molecular formula is C12H13N5O4. The SMILES string of the molecule is CCNc1ccc(Cn2cc([N+](=O)[O-])cn2)cc1[N+](=O)[O-]. The number of hydrogen-bond donors (Lipinski definition) is 1. The smallest absolute Gasteiger partial charge is 0.307 e. The van der Waals surface area contributed by atoms with Crippen LogP contribution in [0.3, 0.4) is 0 Å². The van der Waals surface area contributed by atoms with Crippen molar-refractivity contribution < 1.29 is 9.85 Å². The highest BCUT2D eigenvalue weighted by Crippen LogP contribution is 2.25. The highest BCUT2D eigenvalue weighted by atomic mass is 16.6. The summed E-state index contributed by atoms with van der Waals surface area (Å²) < 4.78 is 1.37. The predicted molar refractivity (Wildman–Crippen MR) is 75.2 cm³/mol. The van der Waals surface area contributed by atoms with Crippen LogP contribution in [0.1, 0.15) is 12.5 Å². The van der Waals surface area contributed by atoms with Gasteiger partial charge < -0.3 is 5.32 Å². The van der Waals surface area contributed by atoms with E-state index in [1.165, 1.54) is 16.9 Å². The van der Waals surface area contributed by atoms with E-state index in [0.717, 1.165) is 6.20 Å². The van der Waals surface area contributed by atoms with Crippen LogP contribution < -0.4 is 5.32 Å². The van der Waals surface area contributed by atoms with Gasteiger partial charge in [-0.2, -0.15) is 5.10 Å². The third kappa shape index (κ3) is 3.32. The van der Waals surface area contributed by atoms with Crippen molar-refractivity contribution in [1.82, 2.24) is 9.78 Å². The van der Waals surface area contributed by atoms with E-state index in [-0.39, 0.29) is 17.9 Å². The molecule has 0 aliphatic carbocycles. The van der Waals surface area contributed by atoms with Gasteiger partial charge in [-0.3, -0.25) is 24.9 Å². The Labute approximate surface area is 119 Å². The number of hydrogen-bond acceptors (Lipinski definition) is 6. The van der Waals surface area contributed by atoms with Crippen molar-refractivity contribution in [3.05, 3.63) is 56.4 Å². The summed E-state index contributed by atoms with van der Waals surface area (Å²) in [6.07, 6.45) is 2.42. The molecule has 0 radical (unpaired) electrons. The minimum absolute atomic E-state index is 0.0315. The molecule has 9 nitrogen and oxygen atoms in total. The molecule has 1 aromatic heterocycles. The van der Waals surface area contributed by atoms with Crippen LogP contribution in [0.25, 0.3) is 0 Å². The summed E-state index contributed by atoms with van der Waals surface area (Å²) in [7, 11) is 0. The summed E-state index contributed by atoms with van der Waals surface area (Å²) in [4.78, 5) is 20.6. The second-order valence-electron chi connectivity index (χ2n) is 4.29. The van der Waals surface area contributed by atoms with Gasteiger partial charge in [-0.1, -0.05) is 6.07 Å². The maximum absolute atomic E-state index is 11.0. The lowest BCUT2D eigenvalue weighted by molar-refractivity contribution is -0.385. The van der Waals surface area contributed by atoms with Crippen molar-refractivity contribution in [2.24, 2.45) is 0 Å². The topological polar surface area (TPSA) is 116 Å². The zero-order valence-electron chi connectivity index (χ0n) is 11.2. The quantitative estimate of drug-likeness (QED) is 0.644. The van der Waals surface area contributed by atoms with E-state index in [1.807, 2.05) is 6.92 Å². The highest BCUT2D eigenvalue weighted by molar-refractivity contribution is 5.62. The van der Waals surface area contributed by atoms with Crippen molar-refractivity contribution in [2.75, 3.05) is 11.9 Å². The lowest BCUT2D eigenvalue weighted by Gasteiger charge is -2.07. The molecule has 110 valence electrons. The lowest BCUT2D eigenvalue weighted by Crippen LogP contribution is -2.04. The normalized spacial score (nSPS) is 10.3. The number of aromatic nitrogens is 2. The number of nitro benzene ring substituents is 1. The van der Waals surface area contributed by atoms with Crippen LogP contribution in [0.5, 0.6) is 0 Å². The second kappa shape index (κ2) is 5.99. The number of nitrogens with one attached hydrogen (secondary N) is 1. The second-order valence-corrected chi connectivity index (χ2v) is 4.29. The molecule has 21 heavy (non-hydrogen) atoms. The first-order chi connectivity index (χ1) is 10.0. The molecule has 2 aromatic rings. The van der Waals surface area contributed by atoms with Crippen LogP contribution in [0.4, 0.5) is 17.1 Å². The fraction of sp³-hybridized carbons (Fsp3) is 0.250. The van der Waals surface area contributed by atoms with Gasteiger partial charge in [-0.15, -0.1) is 0 Å². The molecule has 0 amide bonds. The summed E-state index contributed by atoms with van der Waals surface area (Å²) >= 11 is 0. The molecular weight excluding hydrogens is 278 g/mol. The fourth-order valence-electron chi connectivity index (χ4n) is 1.89. The van der Waals surface area contributed by atoms with E-state index in [9.17, 15) is 20.2 Å². The Morgan fingerprint density at radius 2 is 2.05 bits per heavy atom. The third-order valence-corrected chi connectivity index (χ3v) is 2.80. The highest BCUT2D eigenvalue weighted by Gasteiger charge is 2.15. The predicted octanol–water partition coefficient (Wildman–Crippen LogP) is 2.18. The lowest BCUT2D eigenvalue weighted by atomic mass is 10.1. The van der Waals surface area contributed by atoms with Gasteiger partial charge in [0.15, 0.2) is 0 Å². The van der Waals surface area contributed by atoms with Gasteiger partial charge >= 0.3 is 5.69 Å². The number of nitro groups is 2. The zero-order chi connectivity index (χ0) is 15.4. The van der Waals surface area contributed by atoms with Gasteiger partial charge in [0.05, 0.1) is 16.4 Å². The first-order valence-corrected chi connectivity index (χ1v) is 6.19. The fourth-order valence-corrected chi connectivity index (χ4v) is 1.89. The van der Waals surface area contributed by atoms with Gasteiger partial charge in [0.2, 0.25) is 0 Å². The average Bonchev–Trinajstić information content (AvgIpc) is 2.89. The van der Waals surface area contributed by atoms with E-state index >= 15 is 0 Å². The van der Waals surface area contributed by atoms with Gasteiger partial charge in [-0.05, 0) is 18.6 Å². The molecule has 0 aliphatic rings. The van der Waals surface area contributed by atoms with Crippen LogP contribution in [-0.4, -0.2) is 26.2 Å². The van der Waals surface area contributed by atoms with Gasteiger partial charge in [-0.25, -0.2) is 0 Å². The van der Waals surface area contributed by atoms with Crippen LogP contribution >= 0.6 is 0 Å². The largest absolute Gasteiger partial charge is 0.380 e. The van der Waals surface area contributed by atoms with Gasteiger partial charge in [0.1, 0.15) is 18.1 Å². The van der Waals surface area contributed by atoms with E-state index in [0.29, 0.717) is 17.8 Å². The minimum atomic E-state index is -0.541. The van der Waals surface area contributed by atoms with Crippen LogP contribution in [0, 0.1) is 20.2 Å². The number of rotatable bonds is 6. The van der Waals surface area contributed by atoms with Crippen molar-refractivity contribution >= 4 is 17.1 Å². The monoisotopic (exact) mass is 291 g/mol. The van der Waals surface area contributed by atoms with Crippen molar-refractivity contribution in [2.45, 2.75) is 13.5 Å². The molecule has 0 atom stereocenters. The molecule has 0 unspecified atom stereocenters. The Morgan fingerprint density at radius 1 is 1.29 bits per heavy atom. The molecule has 9 heteroatoms. The number of benzene rings is 1. The van der Waals surface area contributed by atoms with Crippen molar-refractivity contribution in [1.29, 1.82) is 0 Å². The summed E-state index contributed by atoms with van der Waals surface area (Å²) in [6.45, 7) is 2.65. The van der Waals surface area contributed by atoms with Gasteiger partial charge in [0, 0.05) is 12.6 Å².